The molecule has 2 aromatic rings. The lowest BCUT2D eigenvalue weighted by molar-refractivity contribution is -0.132. The minimum Gasteiger partial charge on any atom is -0.349 e. The standard InChI is InChI=1S/C23H25ClN2O2/c1-17(20-9-5-6-10-21(20)24)25-23(28)19-13-15-26(16-14-19)22(27)12-11-18-7-3-2-4-8-18/h2-12,17,19H,13-16H2,1H3,(H,25,28). The smallest absolute Gasteiger partial charge is 0.246 e. The van der Waals surface area contributed by atoms with Crippen molar-refractivity contribution in [3.8, 4) is 0 Å². The Morgan fingerprint density at radius 2 is 1.71 bits per heavy atom. The van der Waals surface area contributed by atoms with E-state index in [0.717, 1.165) is 11.1 Å². The quantitative estimate of drug-likeness (QED) is 0.758. The van der Waals surface area contributed by atoms with Crippen LogP contribution in [-0.2, 0) is 9.59 Å². The lowest BCUT2D eigenvalue weighted by atomic mass is 9.95. The third-order valence-electron chi connectivity index (χ3n) is 5.13. The summed E-state index contributed by atoms with van der Waals surface area (Å²) in [7, 11) is 0. The molecule has 146 valence electrons. The van der Waals surface area contributed by atoms with Gasteiger partial charge in [-0.05, 0) is 43.0 Å². The molecule has 4 nitrogen and oxygen atoms in total. The molecule has 1 unspecified atom stereocenters. The van der Waals surface area contributed by atoms with Crippen LogP contribution in [-0.4, -0.2) is 29.8 Å². The minimum absolute atomic E-state index is 0.00727. The molecule has 28 heavy (non-hydrogen) atoms. The van der Waals surface area contributed by atoms with Crippen LogP contribution in [0.15, 0.2) is 60.7 Å². The lowest BCUT2D eigenvalue weighted by Gasteiger charge is -2.31. The molecule has 5 heteroatoms. The minimum atomic E-state index is -0.144. The molecule has 0 radical (unpaired) electrons. The van der Waals surface area contributed by atoms with Gasteiger partial charge in [0.25, 0.3) is 0 Å². The second-order valence-corrected chi connectivity index (χ2v) is 7.50. The van der Waals surface area contributed by atoms with E-state index in [4.69, 9.17) is 11.6 Å². The van der Waals surface area contributed by atoms with E-state index in [0.29, 0.717) is 31.0 Å². The summed E-state index contributed by atoms with van der Waals surface area (Å²) >= 11 is 6.21. The zero-order valence-electron chi connectivity index (χ0n) is 16.0. The van der Waals surface area contributed by atoms with Gasteiger partial charge < -0.3 is 10.2 Å². The van der Waals surface area contributed by atoms with E-state index in [9.17, 15) is 9.59 Å². The van der Waals surface area contributed by atoms with E-state index in [1.54, 1.807) is 11.0 Å². The zero-order chi connectivity index (χ0) is 19.9. The van der Waals surface area contributed by atoms with Crippen molar-refractivity contribution < 1.29 is 9.59 Å². The maximum Gasteiger partial charge on any atom is 0.246 e. The first kappa shape index (κ1) is 20.2. The predicted octanol–water partition coefficient (Wildman–Crippen LogP) is 4.47. The Kier molecular flexibility index (Phi) is 6.88. The summed E-state index contributed by atoms with van der Waals surface area (Å²) in [5.41, 5.74) is 1.91. The first-order chi connectivity index (χ1) is 13.5. The van der Waals surface area contributed by atoms with Crippen LogP contribution in [0.4, 0.5) is 0 Å². The van der Waals surface area contributed by atoms with Crippen LogP contribution in [0.3, 0.4) is 0 Å². The molecule has 1 heterocycles. The van der Waals surface area contributed by atoms with Gasteiger partial charge in [0.15, 0.2) is 0 Å². The molecule has 1 fully saturated rings. The van der Waals surface area contributed by atoms with Crippen molar-refractivity contribution in [2.45, 2.75) is 25.8 Å². The van der Waals surface area contributed by atoms with E-state index in [2.05, 4.69) is 5.32 Å². The normalized spacial score (nSPS) is 16.1. The zero-order valence-corrected chi connectivity index (χ0v) is 16.7. The summed E-state index contributed by atoms with van der Waals surface area (Å²) in [6.07, 6.45) is 4.78. The lowest BCUT2D eigenvalue weighted by Crippen LogP contribution is -2.43. The van der Waals surface area contributed by atoms with Gasteiger partial charge in [-0.15, -0.1) is 0 Å². The van der Waals surface area contributed by atoms with Crippen LogP contribution >= 0.6 is 11.6 Å². The number of hydrogen-bond donors (Lipinski definition) is 1. The topological polar surface area (TPSA) is 49.4 Å². The fourth-order valence-corrected chi connectivity index (χ4v) is 3.73. The molecular weight excluding hydrogens is 372 g/mol. The second kappa shape index (κ2) is 9.56. The van der Waals surface area contributed by atoms with Crippen molar-refractivity contribution in [1.29, 1.82) is 0 Å². The van der Waals surface area contributed by atoms with Crippen molar-refractivity contribution >= 4 is 29.5 Å². The van der Waals surface area contributed by atoms with Gasteiger partial charge in [-0.3, -0.25) is 9.59 Å². The summed E-state index contributed by atoms with van der Waals surface area (Å²) in [6, 6.07) is 17.1. The number of amides is 2. The van der Waals surface area contributed by atoms with E-state index in [-0.39, 0.29) is 23.8 Å². The first-order valence-corrected chi connectivity index (χ1v) is 9.99. The predicted molar refractivity (Wildman–Crippen MR) is 113 cm³/mol. The molecule has 0 saturated carbocycles. The van der Waals surface area contributed by atoms with E-state index < -0.39 is 0 Å². The van der Waals surface area contributed by atoms with Gasteiger partial charge in [0.05, 0.1) is 6.04 Å². The van der Waals surface area contributed by atoms with Gasteiger partial charge in [-0.2, -0.15) is 0 Å². The number of likely N-dealkylation sites (tertiary alicyclic amines) is 1. The highest BCUT2D eigenvalue weighted by Gasteiger charge is 2.27. The molecule has 1 aliphatic rings. The van der Waals surface area contributed by atoms with E-state index >= 15 is 0 Å². The van der Waals surface area contributed by atoms with Crippen LogP contribution in [0.5, 0.6) is 0 Å². The van der Waals surface area contributed by atoms with Gasteiger partial charge in [-0.1, -0.05) is 60.1 Å². The average molecular weight is 397 g/mol. The van der Waals surface area contributed by atoms with Crippen LogP contribution < -0.4 is 5.32 Å². The molecule has 1 N–H and O–H groups in total. The van der Waals surface area contributed by atoms with Crippen molar-refractivity contribution in [3.05, 3.63) is 76.8 Å². The Bertz CT molecular complexity index is 843. The summed E-state index contributed by atoms with van der Waals surface area (Å²) in [4.78, 5) is 26.8. The Morgan fingerprint density at radius 3 is 2.39 bits per heavy atom. The molecular formula is C23H25ClN2O2. The molecule has 2 aromatic carbocycles. The summed E-state index contributed by atoms with van der Waals surface area (Å²) in [5.74, 6) is -0.0569. The molecule has 1 saturated heterocycles. The molecule has 1 aliphatic heterocycles. The Labute approximate surface area is 171 Å². The highest BCUT2D eigenvalue weighted by molar-refractivity contribution is 6.31. The summed E-state index contributed by atoms with van der Waals surface area (Å²) in [5, 5.41) is 3.71. The van der Waals surface area contributed by atoms with Crippen LogP contribution in [0.25, 0.3) is 6.08 Å². The summed E-state index contributed by atoms with van der Waals surface area (Å²) < 4.78 is 0. The highest BCUT2D eigenvalue weighted by atomic mass is 35.5. The van der Waals surface area contributed by atoms with Crippen molar-refractivity contribution in [1.82, 2.24) is 10.2 Å². The van der Waals surface area contributed by atoms with Crippen molar-refractivity contribution in [3.63, 3.8) is 0 Å². The number of hydrogen-bond acceptors (Lipinski definition) is 2. The van der Waals surface area contributed by atoms with Crippen LogP contribution in [0, 0.1) is 5.92 Å². The van der Waals surface area contributed by atoms with Gasteiger partial charge in [-0.25, -0.2) is 0 Å². The highest BCUT2D eigenvalue weighted by Crippen LogP contribution is 2.24. The van der Waals surface area contributed by atoms with Gasteiger partial charge in [0.2, 0.25) is 11.8 Å². The number of carbonyl (C=O) groups excluding carboxylic acids is 2. The van der Waals surface area contributed by atoms with Gasteiger partial charge in [0, 0.05) is 30.1 Å². The molecule has 0 bridgehead atoms. The number of benzene rings is 2. The fourth-order valence-electron chi connectivity index (χ4n) is 3.43. The number of rotatable bonds is 5. The van der Waals surface area contributed by atoms with Gasteiger partial charge in [0.1, 0.15) is 0 Å². The number of carbonyl (C=O) groups is 2. The fraction of sp³-hybridized carbons (Fsp3) is 0.304. The molecule has 0 spiro atoms. The summed E-state index contributed by atoms with van der Waals surface area (Å²) in [6.45, 7) is 3.12. The molecule has 2 amide bonds. The van der Waals surface area contributed by atoms with Crippen molar-refractivity contribution in [2.24, 2.45) is 5.92 Å². The van der Waals surface area contributed by atoms with Crippen LogP contribution in [0.2, 0.25) is 5.02 Å². The molecule has 0 aromatic heterocycles. The third-order valence-corrected chi connectivity index (χ3v) is 5.47. The second-order valence-electron chi connectivity index (χ2n) is 7.10. The first-order valence-electron chi connectivity index (χ1n) is 9.61. The number of nitrogens with one attached hydrogen (secondary N) is 1. The largest absolute Gasteiger partial charge is 0.349 e. The van der Waals surface area contributed by atoms with Crippen molar-refractivity contribution in [2.75, 3.05) is 13.1 Å². The maximum atomic E-state index is 12.6. The Morgan fingerprint density at radius 1 is 1.07 bits per heavy atom. The Hall–Kier alpha value is -2.59. The SMILES string of the molecule is CC(NC(=O)C1CCN(C(=O)C=Cc2ccccc2)CC1)c1ccccc1Cl. The Balaban J connectivity index is 1.49. The molecule has 3 rings (SSSR count). The number of halogens is 1. The van der Waals surface area contributed by atoms with E-state index in [1.165, 1.54) is 0 Å². The molecule has 1 atom stereocenters. The van der Waals surface area contributed by atoms with E-state index in [1.807, 2.05) is 67.6 Å². The monoisotopic (exact) mass is 396 g/mol. The van der Waals surface area contributed by atoms with Crippen LogP contribution in [0.1, 0.15) is 36.9 Å². The maximum absolute atomic E-state index is 12.6. The molecule has 0 aliphatic carbocycles. The third kappa shape index (κ3) is 5.23. The number of piperidine rings is 1. The van der Waals surface area contributed by atoms with Gasteiger partial charge >= 0.3 is 0 Å². The average Bonchev–Trinajstić information content (AvgIpc) is 2.73. The number of nitrogens with zero attached hydrogens (tertiary/aromatic N) is 1.